The van der Waals surface area contributed by atoms with Crippen molar-refractivity contribution in [3.63, 3.8) is 0 Å². The number of furan rings is 1. The topological polar surface area (TPSA) is 75.4 Å². The first-order chi connectivity index (χ1) is 11.2. The van der Waals surface area contributed by atoms with Crippen LogP contribution in [0.2, 0.25) is 0 Å². The maximum Gasteiger partial charge on any atom is 0.335 e. The Hall–Kier alpha value is -2.34. The lowest BCUT2D eigenvalue weighted by molar-refractivity contribution is 0.0697. The molecule has 1 aromatic carbocycles. The Labute approximate surface area is 157 Å². The molecule has 0 bridgehead atoms. The van der Waals surface area contributed by atoms with Crippen molar-refractivity contribution in [2.24, 2.45) is 0 Å². The predicted octanol–water partition coefficient (Wildman–Crippen LogP) is 4.17. The minimum absolute atomic E-state index is 0. The molecule has 0 amide bonds. The first kappa shape index (κ1) is 20.7. The van der Waals surface area contributed by atoms with Crippen molar-refractivity contribution < 1.29 is 14.3 Å². The second kappa shape index (κ2) is 9.84. The summed E-state index contributed by atoms with van der Waals surface area (Å²) in [7, 11) is 0. The third-order valence-corrected chi connectivity index (χ3v) is 3.43. The summed E-state index contributed by atoms with van der Waals surface area (Å²) in [5, 5.41) is 12.2. The predicted molar refractivity (Wildman–Crippen MR) is 100 cm³/mol. The number of rotatable bonds is 6. The number of carboxylic acid groups (broad SMARTS) is 1. The second-order valence-corrected chi connectivity index (χ2v) is 5.11. The second-order valence-electron chi connectivity index (χ2n) is 5.11. The number of carbonyl (C=O) groups is 1. The normalized spacial score (nSPS) is 9.76. The Balaban J connectivity index is 0.00000156. The van der Waals surface area contributed by atoms with Crippen LogP contribution < -0.4 is 5.32 Å². The number of hydrogen-bond donors (Lipinski definition) is 2. The quantitative estimate of drug-likeness (QED) is 0.670. The van der Waals surface area contributed by atoms with E-state index in [0.717, 1.165) is 29.2 Å². The first-order valence-corrected chi connectivity index (χ1v) is 7.24. The molecule has 2 N–H and O–H groups in total. The fourth-order valence-electron chi connectivity index (χ4n) is 2.24. The summed E-state index contributed by atoms with van der Waals surface area (Å²) in [6, 6.07) is 14.3. The van der Waals surface area contributed by atoms with Crippen LogP contribution in [-0.2, 0) is 13.1 Å². The number of pyridine rings is 1. The van der Waals surface area contributed by atoms with Gasteiger partial charge in [0.1, 0.15) is 11.5 Å². The maximum atomic E-state index is 10.9. The molecule has 2 aromatic heterocycles. The molecule has 132 valence electrons. The van der Waals surface area contributed by atoms with E-state index < -0.39 is 5.97 Å². The molecule has 0 unspecified atom stereocenters. The standard InChI is InChI=1S/C18H16N2O3.2ClH/c21-18(22)15-5-3-14(4-6-15)17-8-7-16(23-17)12-20-11-13-2-1-9-19-10-13;;/h1-10,20H,11-12H2,(H,21,22);2*1H. The highest BCUT2D eigenvalue weighted by molar-refractivity contribution is 5.88. The Morgan fingerprint density at radius 2 is 1.80 bits per heavy atom. The summed E-state index contributed by atoms with van der Waals surface area (Å²) in [6.07, 6.45) is 3.57. The summed E-state index contributed by atoms with van der Waals surface area (Å²) >= 11 is 0. The van der Waals surface area contributed by atoms with Crippen molar-refractivity contribution in [2.45, 2.75) is 13.1 Å². The molecule has 0 saturated carbocycles. The highest BCUT2D eigenvalue weighted by Gasteiger charge is 2.07. The van der Waals surface area contributed by atoms with E-state index in [1.54, 1.807) is 30.5 Å². The van der Waals surface area contributed by atoms with E-state index in [0.29, 0.717) is 6.54 Å². The van der Waals surface area contributed by atoms with E-state index in [1.165, 1.54) is 0 Å². The highest BCUT2D eigenvalue weighted by atomic mass is 35.5. The Kier molecular flexibility index (Phi) is 8.15. The summed E-state index contributed by atoms with van der Waals surface area (Å²) in [6.45, 7) is 1.33. The average Bonchev–Trinajstić information content (AvgIpc) is 3.05. The van der Waals surface area contributed by atoms with Crippen molar-refractivity contribution in [2.75, 3.05) is 0 Å². The number of nitrogens with one attached hydrogen (secondary N) is 1. The zero-order valence-corrected chi connectivity index (χ0v) is 14.8. The van der Waals surface area contributed by atoms with Crippen LogP contribution in [0.25, 0.3) is 11.3 Å². The number of carboxylic acids is 1. The molecule has 3 aromatic rings. The third-order valence-electron chi connectivity index (χ3n) is 3.43. The van der Waals surface area contributed by atoms with E-state index >= 15 is 0 Å². The molecule has 0 aliphatic rings. The van der Waals surface area contributed by atoms with Gasteiger partial charge in [-0.3, -0.25) is 4.98 Å². The molecule has 0 atom stereocenters. The Morgan fingerprint density at radius 3 is 2.44 bits per heavy atom. The van der Waals surface area contributed by atoms with E-state index in [2.05, 4.69) is 10.3 Å². The number of aromatic nitrogens is 1. The van der Waals surface area contributed by atoms with Crippen LogP contribution in [0.5, 0.6) is 0 Å². The average molecular weight is 381 g/mol. The maximum absolute atomic E-state index is 10.9. The fourth-order valence-corrected chi connectivity index (χ4v) is 2.24. The molecule has 0 radical (unpaired) electrons. The Morgan fingerprint density at radius 1 is 1.04 bits per heavy atom. The smallest absolute Gasteiger partial charge is 0.335 e. The van der Waals surface area contributed by atoms with Gasteiger partial charge in [0.2, 0.25) is 0 Å². The number of halogens is 2. The molecule has 2 heterocycles. The van der Waals surface area contributed by atoms with Crippen molar-refractivity contribution in [1.82, 2.24) is 10.3 Å². The molecule has 25 heavy (non-hydrogen) atoms. The highest BCUT2D eigenvalue weighted by Crippen LogP contribution is 2.22. The van der Waals surface area contributed by atoms with Gasteiger partial charge >= 0.3 is 5.97 Å². The van der Waals surface area contributed by atoms with Gasteiger partial charge in [0.05, 0.1) is 12.1 Å². The van der Waals surface area contributed by atoms with Gasteiger partial charge in [-0.2, -0.15) is 0 Å². The number of hydrogen-bond acceptors (Lipinski definition) is 4. The molecular weight excluding hydrogens is 363 g/mol. The van der Waals surface area contributed by atoms with Crippen LogP contribution in [0.3, 0.4) is 0 Å². The van der Waals surface area contributed by atoms with E-state index in [1.807, 2.05) is 30.5 Å². The molecule has 0 aliphatic carbocycles. The minimum Gasteiger partial charge on any atom is -0.478 e. The molecule has 3 rings (SSSR count). The van der Waals surface area contributed by atoms with Gasteiger partial charge in [0.15, 0.2) is 0 Å². The van der Waals surface area contributed by atoms with Crippen LogP contribution in [-0.4, -0.2) is 16.1 Å². The van der Waals surface area contributed by atoms with Crippen molar-refractivity contribution in [3.05, 3.63) is 77.8 Å². The van der Waals surface area contributed by atoms with Gasteiger partial charge in [-0.1, -0.05) is 18.2 Å². The lowest BCUT2D eigenvalue weighted by atomic mass is 10.1. The molecule has 0 saturated heterocycles. The molecule has 5 nitrogen and oxygen atoms in total. The number of benzene rings is 1. The zero-order chi connectivity index (χ0) is 16.1. The molecule has 0 aliphatic heterocycles. The van der Waals surface area contributed by atoms with Crippen molar-refractivity contribution in [3.8, 4) is 11.3 Å². The van der Waals surface area contributed by atoms with Crippen LogP contribution in [0.15, 0.2) is 65.3 Å². The van der Waals surface area contributed by atoms with Gasteiger partial charge in [0.25, 0.3) is 0 Å². The molecule has 7 heteroatoms. The summed E-state index contributed by atoms with van der Waals surface area (Å²) in [5.41, 5.74) is 2.23. The lowest BCUT2D eigenvalue weighted by Crippen LogP contribution is -2.12. The largest absolute Gasteiger partial charge is 0.478 e. The molecule has 0 fully saturated rings. The van der Waals surface area contributed by atoms with Gasteiger partial charge in [-0.05, 0) is 35.9 Å². The van der Waals surface area contributed by atoms with E-state index in [9.17, 15) is 4.79 Å². The van der Waals surface area contributed by atoms with Crippen LogP contribution in [0.1, 0.15) is 21.7 Å². The van der Waals surface area contributed by atoms with Gasteiger partial charge in [0, 0.05) is 24.5 Å². The number of nitrogens with zero attached hydrogens (tertiary/aromatic N) is 1. The van der Waals surface area contributed by atoms with E-state index in [4.69, 9.17) is 9.52 Å². The minimum atomic E-state index is -0.934. The lowest BCUT2D eigenvalue weighted by Gasteiger charge is -2.02. The zero-order valence-electron chi connectivity index (χ0n) is 13.2. The van der Waals surface area contributed by atoms with Crippen molar-refractivity contribution in [1.29, 1.82) is 0 Å². The van der Waals surface area contributed by atoms with Crippen LogP contribution in [0.4, 0.5) is 0 Å². The van der Waals surface area contributed by atoms with Crippen molar-refractivity contribution >= 4 is 30.8 Å². The van der Waals surface area contributed by atoms with Gasteiger partial charge in [-0.25, -0.2) is 4.79 Å². The summed E-state index contributed by atoms with van der Waals surface area (Å²) in [4.78, 5) is 14.9. The molecule has 0 spiro atoms. The third kappa shape index (κ3) is 5.60. The van der Waals surface area contributed by atoms with Gasteiger partial charge in [-0.15, -0.1) is 24.8 Å². The SMILES string of the molecule is Cl.Cl.O=C(O)c1ccc(-c2ccc(CNCc3cccnc3)o2)cc1. The number of aromatic carboxylic acids is 1. The summed E-state index contributed by atoms with van der Waals surface area (Å²) < 4.78 is 5.78. The van der Waals surface area contributed by atoms with Gasteiger partial charge < -0.3 is 14.8 Å². The monoisotopic (exact) mass is 380 g/mol. The first-order valence-electron chi connectivity index (χ1n) is 7.24. The Bertz CT molecular complexity index is 790. The fraction of sp³-hybridized carbons (Fsp3) is 0.111. The molecular formula is C18H18Cl2N2O3. The van der Waals surface area contributed by atoms with Crippen LogP contribution in [0, 0.1) is 0 Å². The summed E-state index contributed by atoms with van der Waals surface area (Å²) in [5.74, 6) is 0.614. The van der Waals surface area contributed by atoms with Crippen LogP contribution >= 0.6 is 24.8 Å². The van der Waals surface area contributed by atoms with E-state index in [-0.39, 0.29) is 30.4 Å².